The smallest absolute Gasteiger partial charge is 0.323 e. The summed E-state index contributed by atoms with van der Waals surface area (Å²) in [5.41, 5.74) is 5.69. The topological polar surface area (TPSA) is 101 Å². The molecule has 1 aromatic rings. The van der Waals surface area contributed by atoms with E-state index in [4.69, 9.17) is 15.7 Å². The Morgan fingerprint density at radius 2 is 2.16 bits per heavy atom. The third kappa shape index (κ3) is 3.68. The van der Waals surface area contributed by atoms with Gasteiger partial charge in [-0.15, -0.1) is 0 Å². The highest BCUT2D eigenvalue weighted by atomic mass is 16.5. The standard InChI is InChI=1S/C12H18N6O/c1-8(2)19-12-16-10(14)15-11(17-12)18(7-3-6-13)9-4-5-9/h8-9H,3-5,7H2,1-2H3,(H2,14,15,16,17). The molecule has 0 aliphatic heterocycles. The van der Waals surface area contributed by atoms with Gasteiger partial charge >= 0.3 is 6.01 Å². The van der Waals surface area contributed by atoms with Gasteiger partial charge in [0.1, 0.15) is 0 Å². The molecule has 7 nitrogen and oxygen atoms in total. The van der Waals surface area contributed by atoms with E-state index in [9.17, 15) is 0 Å². The predicted molar refractivity (Wildman–Crippen MR) is 70.6 cm³/mol. The number of nitriles is 1. The lowest BCUT2D eigenvalue weighted by Gasteiger charge is -2.21. The van der Waals surface area contributed by atoms with Crippen LogP contribution in [-0.4, -0.2) is 33.6 Å². The molecule has 1 aromatic heterocycles. The number of anilines is 2. The van der Waals surface area contributed by atoms with Crippen molar-refractivity contribution in [3.05, 3.63) is 0 Å². The van der Waals surface area contributed by atoms with E-state index in [2.05, 4.69) is 21.0 Å². The number of ether oxygens (including phenoxy) is 1. The summed E-state index contributed by atoms with van der Waals surface area (Å²) in [5, 5.41) is 8.71. The predicted octanol–water partition coefficient (Wildman–Crippen LogP) is 1.12. The molecule has 0 radical (unpaired) electrons. The maximum Gasteiger partial charge on any atom is 0.323 e. The van der Waals surface area contributed by atoms with Crippen LogP contribution in [0.5, 0.6) is 6.01 Å². The molecule has 2 rings (SSSR count). The van der Waals surface area contributed by atoms with Crippen molar-refractivity contribution in [1.29, 1.82) is 5.26 Å². The minimum atomic E-state index is -0.0249. The number of nitrogens with zero attached hydrogens (tertiary/aromatic N) is 5. The molecule has 102 valence electrons. The number of nitrogens with two attached hydrogens (primary N) is 1. The van der Waals surface area contributed by atoms with Gasteiger partial charge in [-0.05, 0) is 26.7 Å². The van der Waals surface area contributed by atoms with Crippen LogP contribution in [0.4, 0.5) is 11.9 Å². The van der Waals surface area contributed by atoms with Crippen LogP contribution in [0.25, 0.3) is 0 Å². The van der Waals surface area contributed by atoms with Crippen molar-refractivity contribution in [1.82, 2.24) is 15.0 Å². The number of nitrogen functional groups attached to an aromatic ring is 1. The van der Waals surface area contributed by atoms with Crippen molar-refractivity contribution < 1.29 is 4.74 Å². The van der Waals surface area contributed by atoms with Gasteiger partial charge in [-0.1, -0.05) is 0 Å². The third-order valence-electron chi connectivity index (χ3n) is 2.67. The fourth-order valence-corrected chi connectivity index (χ4v) is 1.76. The second kappa shape index (κ2) is 5.69. The summed E-state index contributed by atoms with van der Waals surface area (Å²) < 4.78 is 5.46. The summed E-state index contributed by atoms with van der Waals surface area (Å²) in [5.74, 6) is 0.643. The van der Waals surface area contributed by atoms with Crippen molar-refractivity contribution in [3.63, 3.8) is 0 Å². The number of rotatable bonds is 6. The van der Waals surface area contributed by atoms with Crippen LogP contribution in [0.3, 0.4) is 0 Å². The van der Waals surface area contributed by atoms with Crippen LogP contribution >= 0.6 is 0 Å². The summed E-state index contributed by atoms with van der Waals surface area (Å²) in [6, 6.07) is 2.78. The molecule has 0 aromatic carbocycles. The molecule has 0 unspecified atom stereocenters. The first-order chi connectivity index (χ1) is 9.10. The van der Waals surface area contributed by atoms with Crippen LogP contribution in [0, 0.1) is 11.3 Å². The Labute approximate surface area is 112 Å². The van der Waals surface area contributed by atoms with Crippen molar-refractivity contribution in [3.8, 4) is 12.1 Å². The van der Waals surface area contributed by atoms with Crippen LogP contribution < -0.4 is 15.4 Å². The highest BCUT2D eigenvalue weighted by molar-refractivity contribution is 5.39. The Kier molecular flexibility index (Phi) is 4.00. The summed E-state index contributed by atoms with van der Waals surface area (Å²) >= 11 is 0. The van der Waals surface area contributed by atoms with Gasteiger partial charge in [-0.3, -0.25) is 0 Å². The molecule has 0 atom stereocenters. The molecule has 7 heteroatoms. The number of aromatic nitrogens is 3. The summed E-state index contributed by atoms with van der Waals surface area (Å²) in [4.78, 5) is 14.4. The molecule has 0 amide bonds. The fraction of sp³-hybridized carbons (Fsp3) is 0.667. The third-order valence-corrected chi connectivity index (χ3v) is 2.67. The lowest BCUT2D eigenvalue weighted by atomic mass is 10.4. The zero-order valence-electron chi connectivity index (χ0n) is 11.2. The van der Waals surface area contributed by atoms with Crippen LogP contribution in [0.1, 0.15) is 33.1 Å². The van der Waals surface area contributed by atoms with Gasteiger partial charge in [0.15, 0.2) is 0 Å². The van der Waals surface area contributed by atoms with E-state index in [0.717, 1.165) is 12.8 Å². The maximum absolute atomic E-state index is 8.71. The SMILES string of the molecule is CC(C)Oc1nc(N)nc(N(CCC#N)C2CC2)n1. The lowest BCUT2D eigenvalue weighted by Crippen LogP contribution is -2.29. The zero-order valence-corrected chi connectivity index (χ0v) is 11.2. The molecule has 1 saturated carbocycles. The molecule has 1 fully saturated rings. The first kappa shape index (κ1) is 13.3. The Morgan fingerprint density at radius 1 is 1.42 bits per heavy atom. The van der Waals surface area contributed by atoms with Gasteiger partial charge in [-0.2, -0.15) is 20.2 Å². The molecule has 1 heterocycles. The van der Waals surface area contributed by atoms with E-state index in [1.54, 1.807) is 0 Å². The van der Waals surface area contributed by atoms with Gasteiger partial charge in [-0.25, -0.2) is 0 Å². The van der Waals surface area contributed by atoms with E-state index >= 15 is 0 Å². The first-order valence-corrected chi connectivity index (χ1v) is 6.42. The van der Waals surface area contributed by atoms with Crippen molar-refractivity contribution in [2.45, 2.75) is 45.3 Å². The Bertz CT molecular complexity index is 480. The molecular formula is C12H18N6O. The monoisotopic (exact) mass is 262 g/mol. The van der Waals surface area contributed by atoms with E-state index < -0.39 is 0 Å². The van der Waals surface area contributed by atoms with Crippen molar-refractivity contribution in [2.75, 3.05) is 17.2 Å². The van der Waals surface area contributed by atoms with Gasteiger partial charge < -0.3 is 15.4 Å². The van der Waals surface area contributed by atoms with Gasteiger partial charge in [0, 0.05) is 12.6 Å². The van der Waals surface area contributed by atoms with Gasteiger partial charge in [0.25, 0.3) is 0 Å². The first-order valence-electron chi connectivity index (χ1n) is 6.42. The second-order valence-corrected chi connectivity index (χ2v) is 4.78. The minimum Gasteiger partial charge on any atom is -0.461 e. The molecule has 0 spiro atoms. The lowest BCUT2D eigenvalue weighted by molar-refractivity contribution is 0.222. The van der Waals surface area contributed by atoms with Crippen molar-refractivity contribution >= 4 is 11.9 Å². The van der Waals surface area contributed by atoms with E-state index in [-0.39, 0.29) is 18.1 Å². The molecule has 1 aliphatic rings. The normalized spacial score (nSPS) is 14.2. The van der Waals surface area contributed by atoms with Crippen molar-refractivity contribution in [2.24, 2.45) is 0 Å². The van der Waals surface area contributed by atoms with Crippen LogP contribution in [0.2, 0.25) is 0 Å². The van der Waals surface area contributed by atoms with Crippen LogP contribution in [0.15, 0.2) is 0 Å². The summed E-state index contributed by atoms with van der Waals surface area (Å²) in [6.07, 6.45) is 2.60. The average Bonchev–Trinajstić information content (AvgIpc) is 3.12. The molecule has 0 bridgehead atoms. The molecular weight excluding hydrogens is 244 g/mol. The quantitative estimate of drug-likeness (QED) is 0.819. The van der Waals surface area contributed by atoms with E-state index in [0.29, 0.717) is 25.0 Å². The van der Waals surface area contributed by atoms with E-state index in [1.165, 1.54) is 0 Å². The highest BCUT2D eigenvalue weighted by Crippen LogP contribution is 2.30. The Morgan fingerprint density at radius 3 is 2.74 bits per heavy atom. The highest BCUT2D eigenvalue weighted by Gasteiger charge is 2.31. The molecule has 0 saturated heterocycles. The number of hydrogen-bond donors (Lipinski definition) is 1. The second-order valence-electron chi connectivity index (χ2n) is 4.78. The van der Waals surface area contributed by atoms with Gasteiger partial charge in [0.2, 0.25) is 11.9 Å². The summed E-state index contributed by atoms with van der Waals surface area (Å²) in [7, 11) is 0. The fourth-order valence-electron chi connectivity index (χ4n) is 1.76. The zero-order chi connectivity index (χ0) is 13.8. The number of hydrogen-bond acceptors (Lipinski definition) is 7. The Hall–Kier alpha value is -2.10. The molecule has 2 N–H and O–H groups in total. The van der Waals surface area contributed by atoms with Crippen LogP contribution in [-0.2, 0) is 0 Å². The average molecular weight is 262 g/mol. The largest absolute Gasteiger partial charge is 0.461 e. The minimum absolute atomic E-state index is 0.0249. The van der Waals surface area contributed by atoms with E-state index in [1.807, 2.05) is 18.7 Å². The molecule has 1 aliphatic carbocycles. The Balaban J connectivity index is 2.20. The maximum atomic E-state index is 8.71. The van der Waals surface area contributed by atoms with Gasteiger partial charge in [0.05, 0.1) is 18.6 Å². The summed E-state index contributed by atoms with van der Waals surface area (Å²) in [6.45, 7) is 4.40. The molecule has 19 heavy (non-hydrogen) atoms.